The minimum atomic E-state index is -0.368. The monoisotopic (exact) mass is 314 g/mol. The summed E-state index contributed by atoms with van der Waals surface area (Å²) in [6, 6.07) is 6.10. The van der Waals surface area contributed by atoms with Gasteiger partial charge in [-0.05, 0) is 49.9 Å². The quantitative estimate of drug-likeness (QED) is 0.948. The number of likely N-dealkylation sites (tertiary alicyclic amines) is 1. The number of amides is 1. The fraction of sp³-hybridized carbons (Fsp3) is 0.444. The molecule has 4 nitrogen and oxygen atoms in total. The van der Waals surface area contributed by atoms with Crippen molar-refractivity contribution >= 4 is 16.8 Å². The Hall–Kier alpha value is -2.01. The van der Waals surface area contributed by atoms with Crippen LogP contribution in [0, 0.1) is 5.82 Å². The number of carbonyl (C=O) groups is 1. The molecule has 0 radical (unpaired) electrons. The first-order chi connectivity index (χ1) is 11.2. The zero-order valence-electron chi connectivity index (χ0n) is 12.8. The summed E-state index contributed by atoms with van der Waals surface area (Å²) in [7, 11) is 0. The van der Waals surface area contributed by atoms with Gasteiger partial charge in [-0.3, -0.25) is 9.78 Å². The topological polar surface area (TPSA) is 53.4 Å². The molecule has 2 aliphatic rings. The summed E-state index contributed by atoms with van der Waals surface area (Å²) in [5, 5.41) is 10.0. The second kappa shape index (κ2) is 5.57. The van der Waals surface area contributed by atoms with Gasteiger partial charge in [-0.2, -0.15) is 0 Å². The van der Waals surface area contributed by atoms with Crippen molar-refractivity contribution in [2.24, 2.45) is 0 Å². The summed E-state index contributed by atoms with van der Waals surface area (Å²) < 4.78 is 13.7. The van der Waals surface area contributed by atoms with Crippen molar-refractivity contribution in [1.29, 1.82) is 0 Å². The van der Waals surface area contributed by atoms with Crippen LogP contribution in [-0.2, 0) is 0 Å². The molecule has 0 unspecified atom stereocenters. The summed E-state index contributed by atoms with van der Waals surface area (Å²) in [6.07, 6.45) is 3.89. The Labute approximate surface area is 133 Å². The number of benzene rings is 1. The number of aliphatic hydroxyl groups is 1. The number of rotatable bonds is 3. The number of halogens is 1. The Bertz CT molecular complexity index is 773. The van der Waals surface area contributed by atoms with Crippen molar-refractivity contribution in [1.82, 2.24) is 9.88 Å². The fourth-order valence-electron chi connectivity index (χ4n) is 3.43. The van der Waals surface area contributed by atoms with E-state index < -0.39 is 0 Å². The standard InChI is InChI=1S/C18H19FN2O2/c19-12-5-6-16-14(8-12)15(9-17(20-16)11-3-4-11)18(23)21-7-1-2-13(21)10-22/h5-6,8-9,11,13,22H,1-4,7,10H2/t13-/m1/s1. The molecule has 1 amide bonds. The molecular formula is C18H19FN2O2. The first-order valence-corrected chi connectivity index (χ1v) is 8.19. The van der Waals surface area contributed by atoms with E-state index in [2.05, 4.69) is 4.98 Å². The van der Waals surface area contributed by atoms with E-state index in [-0.39, 0.29) is 24.4 Å². The van der Waals surface area contributed by atoms with Crippen LogP contribution in [0.4, 0.5) is 4.39 Å². The summed E-state index contributed by atoms with van der Waals surface area (Å²) >= 11 is 0. The van der Waals surface area contributed by atoms with Crippen LogP contribution in [0.3, 0.4) is 0 Å². The van der Waals surface area contributed by atoms with Crippen LogP contribution in [0.5, 0.6) is 0 Å². The van der Waals surface area contributed by atoms with Gasteiger partial charge in [0.1, 0.15) is 5.82 Å². The highest BCUT2D eigenvalue weighted by Crippen LogP contribution is 2.40. The number of fused-ring (bicyclic) bond motifs is 1. The zero-order chi connectivity index (χ0) is 16.0. The van der Waals surface area contributed by atoms with E-state index in [9.17, 15) is 14.3 Å². The van der Waals surface area contributed by atoms with E-state index in [0.29, 0.717) is 28.9 Å². The van der Waals surface area contributed by atoms with Gasteiger partial charge in [0.2, 0.25) is 0 Å². The van der Waals surface area contributed by atoms with Crippen molar-refractivity contribution in [3.8, 4) is 0 Å². The second-order valence-electron chi connectivity index (χ2n) is 6.51. The van der Waals surface area contributed by atoms with Crippen LogP contribution in [0.15, 0.2) is 24.3 Å². The van der Waals surface area contributed by atoms with Gasteiger partial charge in [0, 0.05) is 23.5 Å². The summed E-state index contributed by atoms with van der Waals surface area (Å²) in [5.74, 6) is -0.0719. The van der Waals surface area contributed by atoms with Crippen molar-refractivity contribution < 1.29 is 14.3 Å². The number of hydrogen-bond acceptors (Lipinski definition) is 3. The van der Waals surface area contributed by atoms with Crippen molar-refractivity contribution in [3.63, 3.8) is 0 Å². The van der Waals surface area contributed by atoms with Crippen LogP contribution >= 0.6 is 0 Å². The predicted octanol–water partition coefficient (Wildman–Crippen LogP) is 2.85. The molecule has 5 heteroatoms. The largest absolute Gasteiger partial charge is 0.394 e. The van der Waals surface area contributed by atoms with Gasteiger partial charge in [0.15, 0.2) is 0 Å². The highest BCUT2D eigenvalue weighted by molar-refractivity contribution is 6.06. The van der Waals surface area contributed by atoms with Crippen LogP contribution in [0.1, 0.15) is 47.7 Å². The second-order valence-corrected chi connectivity index (χ2v) is 6.51. The molecule has 2 heterocycles. The summed E-state index contributed by atoms with van der Waals surface area (Å²) in [5.41, 5.74) is 2.10. The summed E-state index contributed by atoms with van der Waals surface area (Å²) in [4.78, 5) is 19.3. The molecule has 1 aliphatic carbocycles. The highest BCUT2D eigenvalue weighted by atomic mass is 19.1. The van der Waals surface area contributed by atoms with Gasteiger partial charge in [0.25, 0.3) is 5.91 Å². The maximum Gasteiger partial charge on any atom is 0.254 e. The molecule has 1 saturated heterocycles. The lowest BCUT2D eigenvalue weighted by Crippen LogP contribution is -2.37. The molecule has 1 atom stereocenters. The lowest BCUT2D eigenvalue weighted by molar-refractivity contribution is 0.0679. The molecule has 23 heavy (non-hydrogen) atoms. The highest BCUT2D eigenvalue weighted by Gasteiger charge is 2.32. The molecule has 1 N–H and O–H groups in total. The van der Waals surface area contributed by atoms with Gasteiger partial charge in [-0.1, -0.05) is 0 Å². The number of carbonyl (C=O) groups excluding carboxylic acids is 1. The minimum Gasteiger partial charge on any atom is -0.394 e. The van der Waals surface area contributed by atoms with Crippen LogP contribution in [-0.4, -0.2) is 40.1 Å². The Kier molecular flexibility index (Phi) is 3.53. The van der Waals surface area contributed by atoms with E-state index in [1.807, 2.05) is 6.07 Å². The van der Waals surface area contributed by atoms with E-state index in [4.69, 9.17) is 0 Å². The zero-order valence-corrected chi connectivity index (χ0v) is 12.8. The average molecular weight is 314 g/mol. The maximum atomic E-state index is 13.7. The average Bonchev–Trinajstić information content (AvgIpc) is 3.30. The molecule has 120 valence electrons. The van der Waals surface area contributed by atoms with Gasteiger partial charge < -0.3 is 10.0 Å². The lowest BCUT2D eigenvalue weighted by Gasteiger charge is -2.24. The molecule has 0 spiro atoms. The third kappa shape index (κ3) is 2.59. The Morgan fingerprint density at radius 1 is 1.30 bits per heavy atom. The first-order valence-electron chi connectivity index (χ1n) is 8.19. The Morgan fingerprint density at radius 3 is 2.87 bits per heavy atom. The van der Waals surface area contributed by atoms with E-state index in [1.165, 1.54) is 12.1 Å². The normalized spacial score (nSPS) is 21.1. The predicted molar refractivity (Wildman–Crippen MR) is 84.8 cm³/mol. The number of pyridine rings is 1. The van der Waals surface area contributed by atoms with Crippen molar-refractivity contribution in [2.45, 2.75) is 37.6 Å². The van der Waals surface area contributed by atoms with Crippen molar-refractivity contribution in [2.75, 3.05) is 13.2 Å². The molecule has 4 rings (SSSR count). The van der Waals surface area contributed by atoms with Gasteiger partial charge in [-0.25, -0.2) is 4.39 Å². The van der Waals surface area contributed by atoms with Crippen LogP contribution in [0.2, 0.25) is 0 Å². The Balaban J connectivity index is 1.83. The van der Waals surface area contributed by atoms with Crippen molar-refractivity contribution in [3.05, 3.63) is 41.3 Å². The molecule has 1 saturated carbocycles. The minimum absolute atomic E-state index is 0.0292. The van der Waals surface area contributed by atoms with E-state index >= 15 is 0 Å². The van der Waals surface area contributed by atoms with Gasteiger partial charge >= 0.3 is 0 Å². The molecular weight excluding hydrogens is 295 g/mol. The SMILES string of the molecule is O=C(c1cc(C2CC2)nc2ccc(F)cc12)N1CCC[C@@H]1CO. The van der Waals surface area contributed by atoms with E-state index in [0.717, 1.165) is 31.4 Å². The number of hydrogen-bond donors (Lipinski definition) is 1. The molecule has 2 fully saturated rings. The third-order valence-corrected chi connectivity index (χ3v) is 4.87. The number of aromatic nitrogens is 1. The van der Waals surface area contributed by atoms with Gasteiger partial charge in [-0.15, -0.1) is 0 Å². The smallest absolute Gasteiger partial charge is 0.254 e. The molecule has 0 bridgehead atoms. The molecule has 1 aliphatic heterocycles. The van der Waals surface area contributed by atoms with E-state index in [1.54, 1.807) is 11.0 Å². The summed E-state index contributed by atoms with van der Waals surface area (Å²) in [6.45, 7) is 0.612. The molecule has 1 aromatic carbocycles. The number of aliphatic hydroxyl groups excluding tert-OH is 1. The molecule has 2 aromatic rings. The molecule has 1 aromatic heterocycles. The van der Waals surface area contributed by atoms with Crippen LogP contribution in [0.25, 0.3) is 10.9 Å². The first kappa shape index (κ1) is 14.6. The van der Waals surface area contributed by atoms with Gasteiger partial charge in [0.05, 0.1) is 23.7 Å². The fourth-order valence-corrected chi connectivity index (χ4v) is 3.43. The lowest BCUT2D eigenvalue weighted by atomic mass is 10.0. The number of nitrogens with zero attached hydrogens (tertiary/aromatic N) is 2. The van der Waals surface area contributed by atoms with Crippen LogP contribution < -0.4 is 0 Å². The third-order valence-electron chi connectivity index (χ3n) is 4.87. The maximum absolute atomic E-state index is 13.7. The Morgan fingerprint density at radius 2 is 2.13 bits per heavy atom.